The quantitative estimate of drug-likeness (QED) is 0.298. The molecule has 3 rings (SSSR count). The first-order valence-electron chi connectivity index (χ1n) is 8.88. The second kappa shape index (κ2) is 8.31. The van der Waals surface area contributed by atoms with Crippen molar-refractivity contribution in [3.8, 4) is 0 Å². The number of nitrogens with zero attached hydrogens (tertiary/aromatic N) is 2. The van der Waals surface area contributed by atoms with Gasteiger partial charge in [0.15, 0.2) is 5.11 Å². The fourth-order valence-corrected chi connectivity index (χ4v) is 3.28. The van der Waals surface area contributed by atoms with Crippen LogP contribution in [0.2, 0.25) is 0 Å². The fraction of sp³-hybridized carbons (Fsp3) is 0.190. The van der Waals surface area contributed by atoms with Crippen LogP contribution >= 0.6 is 12.2 Å². The maximum atomic E-state index is 13.2. The standard InChI is InChI=1S/C21H21FN4OS/c1-13(2)24-21(28)25-23-12-17-14(3)19(26-11-5-4-6-18(17)26)20(27)15-7-9-16(22)10-8-15/h4-13H,1-3H3,(H2,24,25,28)/b23-12-. The summed E-state index contributed by atoms with van der Waals surface area (Å²) in [6.45, 7) is 5.84. The molecule has 0 amide bonds. The van der Waals surface area contributed by atoms with Crippen LogP contribution in [0.1, 0.15) is 41.0 Å². The molecule has 0 unspecified atom stereocenters. The average molecular weight is 396 g/mol. The molecule has 2 aromatic heterocycles. The molecule has 0 aliphatic heterocycles. The van der Waals surface area contributed by atoms with E-state index in [0.717, 1.165) is 16.6 Å². The predicted octanol–water partition coefficient (Wildman–Crippen LogP) is 3.82. The van der Waals surface area contributed by atoms with Gasteiger partial charge in [-0.3, -0.25) is 10.2 Å². The molecule has 2 N–H and O–H groups in total. The summed E-state index contributed by atoms with van der Waals surface area (Å²) in [6.07, 6.45) is 3.48. The molecule has 28 heavy (non-hydrogen) atoms. The third kappa shape index (κ3) is 4.09. The summed E-state index contributed by atoms with van der Waals surface area (Å²) in [5.74, 6) is -0.554. The van der Waals surface area contributed by atoms with Crippen molar-refractivity contribution in [3.05, 3.63) is 76.9 Å². The van der Waals surface area contributed by atoms with Crippen molar-refractivity contribution in [2.75, 3.05) is 0 Å². The Kier molecular flexibility index (Phi) is 5.84. The van der Waals surface area contributed by atoms with Crippen LogP contribution in [0, 0.1) is 12.7 Å². The van der Waals surface area contributed by atoms with Crippen molar-refractivity contribution in [1.82, 2.24) is 15.1 Å². The molecule has 3 aromatic rings. The van der Waals surface area contributed by atoms with E-state index < -0.39 is 0 Å². The van der Waals surface area contributed by atoms with Gasteiger partial charge in [0.25, 0.3) is 0 Å². The summed E-state index contributed by atoms with van der Waals surface area (Å²) in [6, 6.07) is 11.4. The second-order valence-electron chi connectivity index (χ2n) is 6.68. The Morgan fingerprint density at radius 2 is 1.93 bits per heavy atom. The Labute approximate surface area is 168 Å². The van der Waals surface area contributed by atoms with Crippen molar-refractivity contribution in [1.29, 1.82) is 0 Å². The first kappa shape index (κ1) is 19.7. The highest BCUT2D eigenvalue weighted by molar-refractivity contribution is 7.80. The Morgan fingerprint density at radius 3 is 2.61 bits per heavy atom. The number of benzene rings is 1. The van der Waals surface area contributed by atoms with Gasteiger partial charge in [0.05, 0.1) is 17.4 Å². The summed E-state index contributed by atoms with van der Waals surface area (Å²) < 4.78 is 15.0. The molecule has 1 aromatic carbocycles. The number of hydrogen-bond acceptors (Lipinski definition) is 3. The zero-order valence-corrected chi connectivity index (χ0v) is 16.7. The monoisotopic (exact) mass is 396 g/mol. The summed E-state index contributed by atoms with van der Waals surface area (Å²) in [5.41, 5.74) is 6.18. The molecule has 0 atom stereocenters. The topological polar surface area (TPSA) is 57.9 Å². The zero-order valence-electron chi connectivity index (χ0n) is 15.9. The SMILES string of the molecule is Cc1c(/C=N\NC(=S)NC(C)C)c2ccccn2c1C(=O)c1ccc(F)cc1. The number of pyridine rings is 1. The normalized spacial score (nSPS) is 11.3. The van der Waals surface area contributed by atoms with Gasteiger partial charge in [0.2, 0.25) is 5.78 Å². The van der Waals surface area contributed by atoms with Gasteiger partial charge in [0.1, 0.15) is 5.82 Å². The summed E-state index contributed by atoms with van der Waals surface area (Å²) in [5, 5.41) is 7.68. The minimum absolute atomic E-state index is 0.177. The number of carbonyl (C=O) groups excluding carboxylic acids is 1. The second-order valence-corrected chi connectivity index (χ2v) is 7.09. The van der Waals surface area contributed by atoms with Gasteiger partial charge in [-0.25, -0.2) is 4.39 Å². The number of fused-ring (bicyclic) bond motifs is 1. The van der Waals surface area contributed by atoms with Crippen molar-refractivity contribution >= 4 is 34.8 Å². The average Bonchev–Trinajstić information content (AvgIpc) is 2.93. The maximum Gasteiger partial charge on any atom is 0.210 e. The first-order chi connectivity index (χ1) is 13.4. The number of ketones is 1. The Morgan fingerprint density at radius 1 is 1.21 bits per heavy atom. The summed E-state index contributed by atoms with van der Waals surface area (Å²) in [7, 11) is 0. The smallest absolute Gasteiger partial charge is 0.210 e. The van der Waals surface area contributed by atoms with E-state index in [-0.39, 0.29) is 17.6 Å². The molecule has 144 valence electrons. The fourth-order valence-electron chi connectivity index (χ4n) is 2.99. The van der Waals surface area contributed by atoms with Crippen LogP contribution < -0.4 is 10.7 Å². The van der Waals surface area contributed by atoms with Crippen LogP contribution in [0.25, 0.3) is 5.52 Å². The van der Waals surface area contributed by atoms with E-state index in [2.05, 4.69) is 15.8 Å². The number of carbonyl (C=O) groups is 1. The van der Waals surface area contributed by atoms with Crippen LogP contribution in [-0.4, -0.2) is 27.6 Å². The van der Waals surface area contributed by atoms with E-state index in [4.69, 9.17) is 12.2 Å². The maximum absolute atomic E-state index is 13.2. The lowest BCUT2D eigenvalue weighted by Gasteiger charge is -2.09. The molecule has 7 heteroatoms. The molecule has 0 aliphatic rings. The predicted molar refractivity (Wildman–Crippen MR) is 114 cm³/mol. The van der Waals surface area contributed by atoms with Crippen LogP contribution in [0.3, 0.4) is 0 Å². The number of hydrazone groups is 1. The Bertz CT molecular complexity index is 1050. The molecule has 0 bridgehead atoms. The lowest BCUT2D eigenvalue weighted by Crippen LogP contribution is -2.36. The van der Waals surface area contributed by atoms with E-state index in [1.54, 1.807) is 6.21 Å². The number of rotatable bonds is 5. The largest absolute Gasteiger partial charge is 0.359 e. The lowest BCUT2D eigenvalue weighted by molar-refractivity contribution is 0.103. The zero-order chi connectivity index (χ0) is 20.3. The van der Waals surface area contributed by atoms with E-state index in [1.807, 2.05) is 49.6 Å². The third-order valence-electron chi connectivity index (χ3n) is 4.24. The molecular weight excluding hydrogens is 375 g/mol. The molecule has 2 heterocycles. The molecule has 0 fully saturated rings. The molecule has 0 saturated carbocycles. The van der Waals surface area contributed by atoms with Crippen molar-refractivity contribution in [3.63, 3.8) is 0 Å². The van der Waals surface area contributed by atoms with Crippen LogP contribution in [0.5, 0.6) is 0 Å². The van der Waals surface area contributed by atoms with Gasteiger partial charge >= 0.3 is 0 Å². The minimum Gasteiger partial charge on any atom is -0.359 e. The molecule has 0 radical (unpaired) electrons. The van der Waals surface area contributed by atoms with Crippen molar-refractivity contribution < 1.29 is 9.18 Å². The number of hydrogen-bond donors (Lipinski definition) is 2. The van der Waals surface area contributed by atoms with Gasteiger partial charge < -0.3 is 9.72 Å². The van der Waals surface area contributed by atoms with E-state index in [0.29, 0.717) is 16.4 Å². The van der Waals surface area contributed by atoms with Crippen LogP contribution in [0.4, 0.5) is 4.39 Å². The van der Waals surface area contributed by atoms with Gasteiger partial charge in [-0.15, -0.1) is 0 Å². The molecule has 5 nitrogen and oxygen atoms in total. The Hall–Kier alpha value is -3.06. The number of nitrogens with one attached hydrogen (secondary N) is 2. The number of halogens is 1. The Balaban J connectivity index is 1.99. The minimum atomic E-state index is -0.377. The number of thiocarbonyl (C=S) groups is 1. The van der Waals surface area contributed by atoms with E-state index >= 15 is 0 Å². The van der Waals surface area contributed by atoms with E-state index in [9.17, 15) is 9.18 Å². The van der Waals surface area contributed by atoms with E-state index in [1.165, 1.54) is 24.3 Å². The van der Waals surface area contributed by atoms with Gasteiger partial charge in [-0.05, 0) is 75.0 Å². The van der Waals surface area contributed by atoms with Gasteiger partial charge in [-0.2, -0.15) is 5.10 Å². The van der Waals surface area contributed by atoms with Gasteiger partial charge in [-0.1, -0.05) is 6.07 Å². The van der Waals surface area contributed by atoms with Crippen LogP contribution in [0.15, 0.2) is 53.8 Å². The molecule has 0 spiro atoms. The van der Waals surface area contributed by atoms with Gasteiger partial charge in [0, 0.05) is 23.4 Å². The number of aromatic nitrogens is 1. The highest BCUT2D eigenvalue weighted by Crippen LogP contribution is 2.24. The molecular formula is C21H21FN4OS. The third-order valence-corrected chi connectivity index (χ3v) is 4.45. The first-order valence-corrected chi connectivity index (χ1v) is 9.28. The highest BCUT2D eigenvalue weighted by atomic mass is 32.1. The highest BCUT2D eigenvalue weighted by Gasteiger charge is 2.20. The summed E-state index contributed by atoms with van der Waals surface area (Å²) in [4.78, 5) is 13.1. The lowest BCUT2D eigenvalue weighted by atomic mass is 10.0. The molecule has 0 aliphatic carbocycles. The van der Waals surface area contributed by atoms with Crippen molar-refractivity contribution in [2.45, 2.75) is 26.8 Å². The summed E-state index contributed by atoms with van der Waals surface area (Å²) >= 11 is 5.17. The van der Waals surface area contributed by atoms with Crippen molar-refractivity contribution in [2.24, 2.45) is 5.10 Å². The molecule has 0 saturated heterocycles. The van der Waals surface area contributed by atoms with Crippen LogP contribution in [-0.2, 0) is 0 Å².